The highest BCUT2D eigenvalue weighted by Crippen LogP contribution is 2.09. The standard InChI is InChI=1S/C22H42O3/c1-4-5-6-7-8-9-10-11-12-13-14-15-16-17-19-24-22(23)25-20-18-21(2)3/h9-10,21H,4-8,11-20H2,1-3H3/b10-9-. The summed E-state index contributed by atoms with van der Waals surface area (Å²) in [7, 11) is 0. The maximum atomic E-state index is 11.3. The number of hydrogen-bond acceptors (Lipinski definition) is 3. The van der Waals surface area contributed by atoms with Gasteiger partial charge in [0.05, 0.1) is 13.2 Å². The Kier molecular flexibility index (Phi) is 18.6. The van der Waals surface area contributed by atoms with E-state index in [-0.39, 0.29) is 0 Å². The molecule has 0 fully saturated rings. The number of allylic oxidation sites excluding steroid dienone is 2. The van der Waals surface area contributed by atoms with Crippen molar-refractivity contribution in [3.05, 3.63) is 12.2 Å². The SMILES string of the molecule is CCCCCC/C=C\CCCCCCCCOC(=O)OCCC(C)C. The summed E-state index contributed by atoms with van der Waals surface area (Å²) < 4.78 is 10.1. The minimum atomic E-state index is -0.512. The maximum Gasteiger partial charge on any atom is 0.508 e. The highest BCUT2D eigenvalue weighted by molar-refractivity contribution is 5.59. The van der Waals surface area contributed by atoms with Gasteiger partial charge in [-0.2, -0.15) is 0 Å². The molecule has 0 aliphatic carbocycles. The number of carbonyl (C=O) groups excluding carboxylic acids is 1. The summed E-state index contributed by atoms with van der Waals surface area (Å²) >= 11 is 0. The Labute approximate surface area is 156 Å². The normalized spacial score (nSPS) is 11.4. The van der Waals surface area contributed by atoms with Crippen molar-refractivity contribution in [2.24, 2.45) is 5.92 Å². The van der Waals surface area contributed by atoms with Crippen LogP contribution in [0, 0.1) is 5.92 Å². The molecule has 0 saturated heterocycles. The molecular weight excluding hydrogens is 312 g/mol. The number of carbonyl (C=O) groups is 1. The Morgan fingerprint density at radius 3 is 1.88 bits per heavy atom. The third-order valence-electron chi connectivity index (χ3n) is 4.29. The Balaban J connectivity index is 3.18. The van der Waals surface area contributed by atoms with E-state index in [4.69, 9.17) is 9.47 Å². The van der Waals surface area contributed by atoms with Gasteiger partial charge in [-0.1, -0.05) is 77.9 Å². The van der Waals surface area contributed by atoms with Crippen LogP contribution in [0.15, 0.2) is 12.2 Å². The fraction of sp³-hybridized carbons (Fsp3) is 0.864. The second-order valence-electron chi connectivity index (χ2n) is 7.36. The first-order chi connectivity index (χ1) is 12.2. The summed E-state index contributed by atoms with van der Waals surface area (Å²) in [5.41, 5.74) is 0. The molecule has 3 nitrogen and oxygen atoms in total. The maximum absolute atomic E-state index is 11.3. The van der Waals surface area contributed by atoms with Gasteiger partial charge in [0.1, 0.15) is 0 Å². The Hall–Kier alpha value is -0.990. The lowest BCUT2D eigenvalue weighted by molar-refractivity contribution is 0.0512. The van der Waals surface area contributed by atoms with Crippen LogP contribution in [-0.4, -0.2) is 19.4 Å². The average Bonchev–Trinajstić information content (AvgIpc) is 2.58. The molecule has 0 bridgehead atoms. The van der Waals surface area contributed by atoms with Gasteiger partial charge in [0.25, 0.3) is 0 Å². The molecule has 0 aliphatic rings. The molecule has 3 heteroatoms. The predicted molar refractivity (Wildman–Crippen MR) is 107 cm³/mol. The molecule has 0 atom stereocenters. The summed E-state index contributed by atoms with van der Waals surface area (Å²) in [5.74, 6) is 0.550. The molecule has 0 radical (unpaired) electrons. The van der Waals surface area contributed by atoms with E-state index in [9.17, 15) is 4.79 Å². The van der Waals surface area contributed by atoms with Gasteiger partial charge >= 0.3 is 6.16 Å². The molecule has 0 rings (SSSR count). The van der Waals surface area contributed by atoms with Crippen molar-refractivity contribution in [1.82, 2.24) is 0 Å². The first-order valence-corrected chi connectivity index (χ1v) is 10.6. The van der Waals surface area contributed by atoms with Gasteiger partial charge in [-0.25, -0.2) is 4.79 Å². The van der Waals surface area contributed by atoms with Crippen LogP contribution in [-0.2, 0) is 9.47 Å². The van der Waals surface area contributed by atoms with Crippen LogP contribution < -0.4 is 0 Å². The average molecular weight is 355 g/mol. The van der Waals surface area contributed by atoms with E-state index in [0.717, 1.165) is 19.3 Å². The third kappa shape index (κ3) is 21.0. The highest BCUT2D eigenvalue weighted by Gasteiger charge is 2.03. The Morgan fingerprint density at radius 1 is 0.760 bits per heavy atom. The van der Waals surface area contributed by atoms with Crippen LogP contribution in [0.3, 0.4) is 0 Å². The van der Waals surface area contributed by atoms with Crippen LogP contribution in [0.1, 0.15) is 104 Å². The lowest BCUT2D eigenvalue weighted by Gasteiger charge is -2.07. The highest BCUT2D eigenvalue weighted by atomic mass is 16.7. The lowest BCUT2D eigenvalue weighted by Crippen LogP contribution is -2.10. The van der Waals surface area contributed by atoms with Crippen molar-refractivity contribution in [2.45, 2.75) is 104 Å². The third-order valence-corrected chi connectivity index (χ3v) is 4.29. The summed E-state index contributed by atoms with van der Waals surface area (Å²) in [5, 5.41) is 0. The van der Waals surface area contributed by atoms with Crippen molar-refractivity contribution in [1.29, 1.82) is 0 Å². The van der Waals surface area contributed by atoms with Gasteiger partial charge < -0.3 is 9.47 Å². The van der Waals surface area contributed by atoms with Crippen LogP contribution in [0.2, 0.25) is 0 Å². The number of ether oxygens (including phenoxy) is 2. The van der Waals surface area contributed by atoms with E-state index in [1.54, 1.807) is 0 Å². The lowest BCUT2D eigenvalue weighted by atomic mass is 10.1. The monoisotopic (exact) mass is 354 g/mol. The van der Waals surface area contributed by atoms with Crippen LogP contribution in [0.5, 0.6) is 0 Å². The second-order valence-corrected chi connectivity index (χ2v) is 7.36. The van der Waals surface area contributed by atoms with Crippen molar-refractivity contribution in [3.8, 4) is 0 Å². The van der Waals surface area contributed by atoms with Gasteiger partial charge in [-0.05, 0) is 44.4 Å². The topological polar surface area (TPSA) is 35.5 Å². The van der Waals surface area contributed by atoms with E-state index >= 15 is 0 Å². The number of rotatable bonds is 17. The molecule has 0 spiro atoms. The summed E-state index contributed by atoms with van der Waals surface area (Å²) in [6, 6.07) is 0. The molecular formula is C22H42O3. The van der Waals surface area contributed by atoms with E-state index in [1.165, 1.54) is 64.2 Å². The van der Waals surface area contributed by atoms with Gasteiger partial charge in [-0.15, -0.1) is 0 Å². The minimum Gasteiger partial charge on any atom is -0.434 e. The van der Waals surface area contributed by atoms with E-state index < -0.39 is 6.16 Å². The molecule has 0 aromatic carbocycles. The van der Waals surface area contributed by atoms with Crippen LogP contribution in [0.4, 0.5) is 4.79 Å². The molecule has 25 heavy (non-hydrogen) atoms. The van der Waals surface area contributed by atoms with Crippen molar-refractivity contribution >= 4 is 6.16 Å². The van der Waals surface area contributed by atoms with Crippen molar-refractivity contribution in [2.75, 3.05) is 13.2 Å². The molecule has 0 N–H and O–H groups in total. The van der Waals surface area contributed by atoms with Gasteiger partial charge in [0, 0.05) is 0 Å². The quantitative estimate of drug-likeness (QED) is 0.155. The van der Waals surface area contributed by atoms with E-state index in [0.29, 0.717) is 19.1 Å². The fourth-order valence-corrected chi connectivity index (χ4v) is 2.57. The number of hydrogen-bond donors (Lipinski definition) is 0. The first kappa shape index (κ1) is 24.0. The molecule has 0 aromatic rings. The van der Waals surface area contributed by atoms with E-state index in [2.05, 4.69) is 32.9 Å². The Morgan fingerprint density at radius 2 is 1.28 bits per heavy atom. The zero-order valence-corrected chi connectivity index (χ0v) is 17.1. The number of unbranched alkanes of at least 4 members (excludes halogenated alkanes) is 10. The van der Waals surface area contributed by atoms with E-state index in [1.807, 2.05) is 0 Å². The van der Waals surface area contributed by atoms with Gasteiger partial charge in [-0.3, -0.25) is 0 Å². The first-order valence-electron chi connectivity index (χ1n) is 10.6. The van der Waals surface area contributed by atoms with Gasteiger partial charge in [0.2, 0.25) is 0 Å². The van der Waals surface area contributed by atoms with Crippen LogP contribution in [0.25, 0.3) is 0 Å². The second kappa shape index (κ2) is 19.3. The van der Waals surface area contributed by atoms with Gasteiger partial charge in [0.15, 0.2) is 0 Å². The zero-order valence-electron chi connectivity index (χ0n) is 17.1. The fourth-order valence-electron chi connectivity index (χ4n) is 2.57. The largest absolute Gasteiger partial charge is 0.508 e. The summed E-state index contributed by atoms with van der Waals surface area (Å²) in [6.07, 6.45) is 20.2. The molecule has 0 heterocycles. The summed E-state index contributed by atoms with van der Waals surface area (Å²) in [4.78, 5) is 11.3. The van der Waals surface area contributed by atoms with Crippen LogP contribution >= 0.6 is 0 Å². The van der Waals surface area contributed by atoms with Crippen molar-refractivity contribution < 1.29 is 14.3 Å². The predicted octanol–water partition coefficient (Wildman–Crippen LogP) is 7.44. The minimum absolute atomic E-state index is 0.462. The smallest absolute Gasteiger partial charge is 0.434 e. The molecule has 0 amide bonds. The molecule has 0 unspecified atom stereocenters. The Bertz CT molecular complexity index is 310. The molecule has 0 saturated carbocycles. The molecule has 148 valence electrons. The zero-order chi connectivity index (χ0) is 18.6. The summed E-state index contributed by atoms with van der Waals surface area (Å²) in [6.45, 7) is 7.43. The van der Waals surface area contributed by atoms with Crippen molar-refractivity contribution in [3.63, 3.8) is 0 Å². The molecule has 0 aromatic heterocycles. The molecule has 0 aliphatic heterocycles.